The highest BCUT2D eigenvalue weighted by Gasteiger charge is 2.31. The predicted molar refractivity (Wildman–Crippen MR) is 72.1 cm³/mol. The van der Waals surface area contributed by atoms with Crippen molar-refractivity contribution >= 4 is 18.6 Å². The van der Waals surface area contributed by atoms with Crippen molar-refractivity contribution in [1.29, 1.82) is 0 Å². The van der Waals surface area contributed by atoms with E-state index in [9.17, 15) is 9.46 Å². The Hall–Kier alpha value is -1.29. The molecule has 2 rings (SSSR count). The minimum absolute atomic E-state index is 0.310. The van der Waals surface area contributed by atoms with E-state index >= 15 is 0 Å². The second kappa shape index (κ2) is 4.43. The molecule has 18 heavy (non-hydrogen) atoms. The number of aryl methyl sites for hydroxylation is 1. The Morgan fingerprint density at radius 1 is 1.39 bits per heavy atom. The number of hydrogen-bond acceptors (Lipinski definition) is 4. The molecule has 1 atom stereocenters. The Kier molecular flexibility index (Phi) is 3.23. The molecule has 0 spiro atoms. The van der Waals surface area contributed by atoms with Crippen LogP contribution in [-0.2, 0) is 9.09 Å². The maximum atomic E-state index is 12.1. The van der Waals surface area contributed by atoms with Gasteiger partial charge in [-0.05, 0) is 25.0 Å². The van der Waals surface area contributed by atoms with Crippen molar-refractivity contribution in [2.24, 2.45) is 0 Å². The zero-order chi connectivity index (χ0) is 13.5. The van der Waals surface area contributed by atoms with Gasteiger partial charge in [0.1, 0.15) is 0 Å². The molecule has 0 saturated heterocycles. The molecular formula is C12H17N2O3P. The van der Waals surface area contributed by atoms with E-state index in [4.69, 9.17) is 4.52 Å². The van der Waals surface area contributed by atoms with Crippen molar-refractivity contribution < 1.29 is 14.0 Å². The van der Waals surface area contributed by atoms with Crippen LogP contribution in [0.15, 0.2) is 18.3 Å². The quantitative estimate of drug-likeness (QED) is 0.807. The van der Waals surface area contributed by atoms with Gasteiger partial charge in [0.2, 0.25) is 0 Å². The molecule has 1 aliphatic rings. The molecule has 98 valence electrons. The lowest BCUT2D eigenvalue weighted by Crippen LogP contribution is -2.25. The first-order valence-electron chi connectivity index (χ1n) is 5.58. The second-order valence-electron chi connectivity index (χ2n) is 4.37. The van der Waals surface area contributed by atoms with Crippen LogP contribution in [0.3, 0.4) is 0 Å². The van der Waals surface area contributed by atoms with Crippen LogP contribution in [0.5, 0.6) is 0 Å². The van der Waals surface area contributed by atoms with Crippen molar-refractivity contribution in [3.8, 4) is 0 Å². The predicted octanol–water partition coefficient (Wildman–Crippen LogP) is 2.71. The molecule has 1 aromatic carbocycles. The fraction of sp³-hybridized carbons (Fsp3) is 0.333. The Morgan fingerprint density at radius 2 is 2.06 bits per heavy atom. The van der Waals surface area contributed by atoms with Gasteiger partial charge >= 0.3 is 7.60 Å². The fourth-order valence-electron chi connectivity index (χ4n) is 1.96. The molecule has 0 aromatic heterocycles. The van der Waals surface area contributed by atoms with Crippen molar-refractivity contribution in [2.75, 3.05) is 19.6 Å². The zero-order valence-corrected chi connectivity index (χ0v) is 11.8. The Balaban J connectivity index is 2.66. The van der Waals surface area contributed by atoms with E-state index in [1.165, 1.54) is 7.11 Å². The van der Waals surface area contributed by atoms with Crippen molar-refractivity contribution in [2.45, 2.75) is 13.8 Å². The number of rotatable bonds is 2. The smallest absolute Gasteiger partial charge is 0.321 e. The summed E-state index contributed by atoms with van der Waals surface area (Å²) in [6, 6.07) is 3.77. The number of hydrogen-bond donors (Lipinski definition) is 2. The number of nitrogens with one attached hydrogen (secondary N) is 1. The summed E-state index contributed by atoms with van der Waals surface area (Å²) in [4.78, 5) is 9.88. The Labute approximate surface area is 107 Å². The van der Waals surface area contributed by atoms with Crippen molar-refractivity contribution in [1.82, 2.24) is 5.01 Å². The largest absolute Gasteiger partial charge is 0.360 e. The SMILES string of the molecule is COP(=O)(O)C1=CN(C)Nc2c1ccc(C)c2C. The van der Waals surface area contributed by atoms with E-state index in [2.05, 4.69) is 5.43 Å². The average Bonchev–Trinajstić information content (AvgIpc) is 2.33. The minimum atomic E-state index is -3.77. The van der Waals surface area contributed by atoms with Crippen LogP contribution >= 0.6 is 7.60 Å². The summed E-state index contributed by atoms with van der Waals surface area (Å²) in [5, 5.41) is 1.97. The number of anilines is 1. The number of hydrazine groups is 1. The Bertz CT molecular complexity index is 569. The molecule has 2 N–H and O–H groups in total. The Morgan fingerprint density at radius 3 is 2.67 bits per heavy atom. The fourth-order valence-corrected chi connectivity index (χ4v) is 2.97. The minimum Gasteiger partial charge on any atom is -0.321 e. The van der Waals surface area contributed by atoms with Crippen LogP contribution in [-0.4, -0.2) is 24.1 Å². The molecule has 0 aliphatic carbocycles. The van der Waals surface area contributed by atoms with Crippen LogP contribution in [0.25, 0.3) is 5.31 Å². The van der Waals surface area contributed by atoms with E-state index in [-0.39, 0.29) is 0 Å². The molecule has 1 heterocycles. The standard InChI is InChI=1S/C12H17N2O3P/c1-8-5-6-10-11(18(15,16)17-4)7-14(3)13-12(10)9(8)2/h5-7,13H,1-4H3,(H,15,16). The maximum Gasteiger partial charge on any atom is 0.360 e. The molecule has 0 fully saturated rings. The van der Waals surface area contributed by atoms with Gasteiger partial charge < -0.3 is 9.42 Å². The molecule has 6 heteroatoms. The van der Waals surface area contributed by atoms with Crippen LogP contribution in [0.2, 0.25) is 0 Å². The van der Waals surface area contributed by atoms with Gasteiger partial charge in [-0.3, -0.25) is 15.0 Å². The highest BCUT2D eigenvalue weighted by Crippen LogP contribution is 2.58. The molecule has 0 amide bonds. The third kappa shape index (κ3) is 2.05. The van der Waals surface area contributed by atoms with Crippen molar-refractivity contribution in [3.63, 3.8) is 0 Å². The van der Waals surface area contributed by atoms with Gasteiger partial charge in [0.25, 0.3) is 0 Å². The van der Waals surface area contributed by atoms with Gasteiger partial charge in [-0.25, -0.2) is 0 Å². The first kappa shape index (κ1) is 13.1. The summed E-state index contributed by atoms with van der Waals surface area (Å²) in [5.41, 5.74) is 6.91. The molecule has 0 radical (unpaired) electrons. The summed E-state index contributed by atoms with van der Waals surface area (Å²) >= 11 is 0. The lowest BCUT2D eigenvalue weighted by molar-refractivity contribution is 0.328. The highest BCUT2D eigenvalue weighted by molar-refractivity contribution is 7.64. The van der Waals surface area contributed by atoms with Gasteiger partial charge in [-0.2, -0.15) is 0 Å². The third-order valence-electron chi connectivity index (χ3n) is 3.17. The van der Waals surface area contributed by atoms with Gasteiger partial charge in [0.15, 0.2) is 0 Å². The highest BCUT2D eigenvalue weighted by atomic mass is 31.2. The van der Waals surface area contributed by atoms with Gasteiger partial charge in [0, 0.05) is 25.9 Å². The lowest BCUT2D eigenvalue weighted by Gasteiger charge is -2.30. The summed E-state index contributed by atoms with van der Waals surface area (Å²) in [7, 11) is -0.755. The summed E-state index contributed by atoms with van der Waals surface area (Å²) in [6.45, 7) is 3.98. The molecule has 5 nitrogen and oxygen atoms in total. The average molecular weight is 268 g/mol. The zero-order valence-electron chi connectivity index (χ0n) is 10.9. The van der Waals surface area contributed by atoms with Crippen LogP contribution in [0.1, 0.15) is 16.7 Å². The first-order chi connectivity index (χ1) is 8.36. The first-order valence-corrected chi connectivity index (χ1v) is 7.15. The molecule has 0 saturated carbocycles. The van der Waals surface area contributed by atoms with Crippen molar-refractivity contribution in [3.05, 3.63) is 35.0 Å². The van der Waals surface area contributed by atoms with Crippen LogP contribution in [0.4, 0.5) is 5.69 Å². The molecule has 1 aromatic rings. The third-order valence-corrected chi connectivity index (χ3v) is 4.63. The number of nitrogens with zero attached hydrogens (tertiary/aromatic N) is 1. The topological polar surface area (TPSA) is 61.8 Å². The molecule has 0 bridgehead atoms. The molecular weight excluding hydrogens is 251 g/mol. The van der Waals surface area contributed by atoms with Gasteiger partial charge in [0.05, 0.1) is 11.0 Å². The van der Waals surface area contributed by atoms with E-state index in [0.717, 1.165) is 16.8 Å². The molecule has 1 unspecified atom stereocenters. The van der Waals surface area contributed by atoms with Crippen LogP contribution in [0, 0.1) is 13.8 Å². The molecule has 1 aliphatic heterocycles. The number of fused-ring (bicyclic) bond motifs is 1. The summed E-state index contributed by atoms with van der Waals surface area (Å²) in [6.07, 6.45) is 1.58. The van der Waals surface area contributed by atoms with E-state index in [1.807, 2.05) is 26.0 Å². The van der Waals surface area contributed by atoms with Crippen LogP contribution < -0.4 is 5.43 Å². The van der Waals surface area contributed by atoms with E-state index in [1.54, 1.807) is 18.3 Å². The second-order valence-corrected chi connectivity index (χ2v) is 6.26. The van der Waals surface area contributed by atoms with E-state index in [0.29, 0.717) is 10.9 Å². The monoisotopic (exact) mass is 268 g/mol. The maximum absolute atomic E-state index is 12.1. The van der Waals surface area contributed by atoms with E-state index < -0.39 is 7.60 Å². The lowest BCUT2D eigenvalue weighted by atomic mass is 10.0. The summed E-state index contributed by atoms with van der Waals surface area (Å²) in [5.74, 6) is 0. The number of benzene rings is 1. The van der Waals surface area contributed by atoms with Gasteiger partial charge in [-0.15, -0.1) is 0 Å². The van der Waals surface area contributed by atoms with Gasteiger partial charge in [-0.1, -0.05) is 12.1 Å². The summed E-state index contributed by atoms with van der Waals surface area (Å²) < 4.78 is 16.8. The normalized spacial score (nSPS) is 17.6.